The average Bonchev–Trinajstić information content (AvgIpc) is 2.68. The number of ether oxygens (including phenoxy) is 2. The second kappa shape index (κ2) is 9.00. The quantitative estimate of drug-likeness (QED) is 0.704. The first-order valence-electron chi connectivity index (χ1n) is 9.09. The molecule has 7 nitrogen and oxygen atoms in total. The van der Waals surface area contributed by atoms with E-state index in [1.54, 1.807) is 18.2 Å². The number of amides is 2. The Morgan fingerprint density at radius 1 is 1.24 bits per heavy atom. The molecule has 2 unspecified atom stereocenters. The first-order chi connectivity index (χ1) is 13.9. The topological polar surface area (TPSA) is 93.7 Å². The zero-order valence-electron chi connectivity index (χ0n) is 16.4. The van der Waals surface area contributed by atoms with Crippen LogP contribution in [0.4, 0.5) is 11.4 Å². The zero-order chi connectivity index (χ0) is 21.0. The predicted molar refractivity (Wildman–Crippen MR) is 111 cm³/mol. The molecule has 1 aliphatic heterocycles. The van der Waals surface area contributed by atoms with Crippen LogP contribution in [-0.2, 0) is 19.1 Å². The van der Waals surface area contributed by atoms with E-state index in [0.717, 1.165) is 16.1 Å². The summed E-state index contributed by atoms with van der Waals surface area (Å²) in [4.78, 5) is 37.8. The number of benzene rings is 2. The Balaban J connectivity index is 1.57. The highest BCUT2D eigenvalue weighted by Gasteiger charge is 2.30. The molecular formula is C21H22N2O5S. The number of thioether (sulfide) groups is 1. The molecule has 0 bridgehead atoms. The van der Waals surface area contributed by atoms with Crippen molar-refractivity contribution in [1.82, 2.24) is 0 Å². The lowest BCUT2D eigenvalue weighted by Gasteiger charge is -2.23. The summed E-state index contributed by atoms with van der Waals surface area (Å²) in [5.74, 6) is -0.840. The van der Waals surface area contributed by atoms with Gasteiger partial charge in [0.05, 0.1) is 30.2 Å². The van der Waals surface area contributed by atoms with Crippen LogP contribution in [0.25, 0.3) is 0 Å². The van der Waals surface area contributed by atoms with Crippen molar-refractivity contribution in [2.45, 2.75) is 36.5 Å². The van der Waals surface area contributed by atoms with E-state index in [1.165, 1.54) is 25.8 Å². The van der Waals surface area contributed by atoms with E-state index in [2.05, 4.69) is 10.6 Å². The minimum atomic E-state index is -1.02. The number of methoxy groups -OCH3 is 1. The summed E-state index contributed by atoms with van der Waals surface area (Å²) in [6, 6.07) is 12.8. The molecule has 2 N–H and O–H groups in total. The van der Waals surface area contributed by atoms with Crippen LogP contribution < -0.4 is 15.4 Å². The molecule has 29 heavy (non-hydrogen) atoms. The van der Waals surface area contributed by atoms with Gasteiger partial charge in [0.25, 0.3) is 5.91 Å². The standard InChI is InChI=1S/C21H22N2O5S/c1-12-8-9-16(27-3)15(10-12)23-20(25)13(2)28-19(24)11-18-21(26)22-14-6-4-5-7-17(14)29-18/h4-10,13,18H,11H2,1-3H3,(H,22,26)(H,23,25). The van der Waals surface area contributed by atoms with Crippen molar-refractivity contribution < 1.29 is 23.9 Å². The summed E-state index contributed by atoms with van der Waals surface area (Å²) < 4.78 is 10.5. The van der Waals surface area contributed by atoms with Gasteiger partial charge in [-0.15, -0.1) is 11.8 Å². The molecule has 3 rings (SSSR count). The number of rotatable bonds is 6. The molecule has 0 spiro atoms. The van der Waals surface area contributed by atoms with E-state index in [4.69, 9.17) is 9.47 Å². The van der Waals surface area contributed by atoms with Crippen LogP contribution in [-0.4, -0.2) is 36.2 Å². The Hall–Kier alpha value is -3.00. The van der Waals surface area contributed by atoms with E-state index in [1.807, 2.05) is 31.2 Å². The molecule has 0 saturated heterocycles. The van der Waals surface area contributed by atoms with E-state index < -0.39 is 23.2 Å². The predicted octanol–water partition coefficient (Wildman–Crippen LogP) is 3.38. The number of nitrogens with one attached hydrogen (secondary N) is 2. The maximum absolute atomic E-state index is 12.4. The minimum absolute atomic E-state index is 0.129. The van der Waals surface area contributed by atoms with Crippen molar-refractivity contribution in [2.75, 3.05) is 17.7 Å². The fraction of sp³-hybridized carbons (Fsp3) is 0.286. The summed E-state index contributed by atoms with van der Waals surface area (Å²) in [7, 11) is 1.51. The van der Waals surface area contributed by atoms with Crippen LogP contribution in [0.15, 0.2) is 47.4 Å². The lowest BCUT2D eigenvalue weighted by atomic mass is 10.2. The third-order valence-electron chi connectivity index (χ3n) is 4.35. The van der Waals surface area contributed by atoms with Crippen molar-refractivity contribution in [3.63, 3.8) is 0 Å². The Morgan fingerprint density at radius 3 is 2.76 bits per heavy atom. The second-order valence-electron chi connectivity index (χ2n) is 6.62. The molecule has 2 aromatic carbocycles. The van der Waals surface area contributed by atoms with E-state index in [9.17, 15) is 14.4 Å². The molecule has 1 aliphatic rings. The maximum atomic E-state index is 12.4. The van der Waals surface area contributed by atoms with Gasteiger partial charge in [-0.05, 0) is 43.7 Å². The number of aryl methyl sites for hydroxylation is 1. The van der Waals surface area contributed by atoms with E-state index in [0.29, 0.717) is 11.4 Å². The zero-order valence-corrected chi connectivity index (χ0v) is 17.2. The number of anilines is 2. The van der Waals surface area contributed by atoms with Gasteiger partial charge in [-0.2, -0.15) is 0 Å². The molecule has 2 aromatic rings. The molecule has 152 valence electrons. The van der Waals surface area contributed by atoms with E-state index >= 15 is 0 Å². The molecule has 0 fully saturated rings. The van der Waals surface area contributed by atoms with Crippen molar-refractivity contribution in [1.29, 1.82) is 0 Å². The monoisotopic (exact) mass is 414 g/mol. The Morgan fingerprint density at radius 2 is 2.00 bits per heavy atom. The van der Waals surface area contributed by atoms with Crippen LogP contribution >= 0.6 is 11.8 Å². The van der Waals surface area contributed by atoms with Crippen LogP contribution in [0.2, 0.25) is 0 Å². The average molecular weight is 414 g/mol. The summed E-state index contributed by atoms with van der Waals surface area (Å²) in [5.41, 5.74) is 2.18. The van der Waals surface area contributed by atoms with Crippen molar-refractivity contribution in [2.24, 2.45) is 0 Å². The van der Waals surface area contributed by atoms with Gasteiger partial charge in [0.1, 0.15) is 5.75 Å². The molecule has 0 aromatic heterocycles. The third-order valence-corrected chi connectivity index (χ3v) is 5.62. The molecule has 2 amide bonds. The van der Waals surface area contributed by atoms with Gasteiger partial charge in [0, 0.05) is 4.90 Å². The van der Waals surface area contributed by atoms with Gasteiger partial charge in [-0.3, -0.25) is 14.4 Å². The van der Waals surface area contributed by atoms with Gasteiger partial charge in [0.15, 0.2) is 6.10 Å². The van der Waals surface area contributed by atoms with Gasteiger partial charge < -0.3 is 20.1 Å². The molecule has 0 aliphatic carbocycles. The fourth-order valence-electron chi connectivity index (χ4n) is 2.83. The van der Waals surface area contributed by atoms with Gasteiger partial charge in [-0.1, -0.05) is 18.2 Å². The summed E-state index contributed by atoms with van der Waals surface area (Å²) in [5, 5.41) is 4.88. The number of carbonyl (C=O) groups excluding carboxylic acids is 3. The molecule has 8 heteroatoms. The van der Waals surface area contributed by atoms with E-state index in [-0.39, 0.29) is 12.3 Å². The van der Waals surface area contributed by atoms with Gasteiger partial charge >= 0.3 is 5.97 Å². The van der Waals surface area contributed by atoms with Crippen LogP contribution in [0.5, 0.6) is 5.75 Å². The van der Waals surface area contributed by atoms with Gasteiger partial charge in [0.2, 0.25) is 5.91 Å². The molecular weight excluding hydrogens is 392 g/mol. The second-order valence-corrected chi connectivity index (χ2v) is 7.87. The van der Waals surface area contributed by atoms with Crippen molar-refractivity contribution in [3.8, 4) is 5.75 Å². The first kappa shape index (κ1) is 20.7. The SMILES string of the molecule is COc1ccc(C)cc1NC(=O)C(C)OC(=O)CC1Sc2ccccc2NC1=O. The number of fused-ring (bicyclic) bond motifs is 1. The highest BCUT2D eigenvalue weighted by atomic mass is 32.2. The van der Waals surface area contributed by atoms with Crippen molar-refractivity contribution >= 4 is 40.9 Å². The minimum Gasteiger partial charge on any atom is -0.495 e. The Bertz CT molecular complexity index is 946. The smallest absolute Gasteiger partial charge is 0.308 e. The maximum Gasteiger partial charge on any atom is 0.308 e. The highest BCUT2D eigenvalue weighted by molar-refractivity contribution is 8.01. The Kier molecular flexibility index (Phi) is 6.43. The number of para-hydroxylation sites is 1. The fourth-order valence-corrected chi connectivity index (χ4v) is 3.93. The highest BCUT2D eigenvalue weighted by Crippen LogP contribution is 2.36. The summed E-state index contributed by atoms with van der Waals surface area (Å²) in [6.45, 7) is 3.38. The normalized spacial score (nSPS) is 16.2. The lowest BCUT2D eigenvalue weighted by molar-refractivity contribution is -0.153. The molecule has 2 atom stereocenters. The number of carbonyl (C=O) groups is 3. The number of esters is 1. The summed E-state index contributed by atoms with van der Waals surface area (Å²) >= 11 is 1.31. The van der Waals surface area contributed by atoms with Crippen molar-refractivity contribution in [3.05, 3.63) is 48.0 Å². The lowest BCUT2D eigenvalue weighted by Crippen LogP contribution is -2.34. The van der Waals surface area contributed by atoms with Crippen LogP contribution in [0, 0.1) is 6.92 Å². The van der Waals surface area contributed by atoms with Crippen LogP contribution in [0.1, 0.15) is 18.9 Å². The number of hydrogen-bond acceptors (Lipinski definition) is 6. The Labute approximate surface area is 173 Å². The third kappa shape index (κ3) is 5.08. The van der Waals surface area contributed by atoms with Crippen LogP contribution in [0.3, 0.4) is 0 Å². The molecule has 1 heterocycles. The number of hydrogen-bond donors (Lipinski definition) is 2. The molecule has 0 radical (unpaired) electrons. The van der Waals surface area contributed by atoms with Gasteiger partial charge in [-0.25, -0.2) is 0 Å². The first-order valence-corrected chi connectivity index (χ1v) is 9.97. The largest absolute Gasteiger partial charge is 0.495 e. The molecule has 0 saturated carbocycles. The summed E-state index contributed by atoms with van der Waals surface area (Å²) in [6.07, 6.45) is -1.15.